The fraction of sp³-hybridized carbons (Fsp3) is 0.500. The van der Waals surface area contributed by atoms with E-state index in [1.54, 1.807) is 7.11 Å². The molecule has 2 fully saturated rings. The third kappa shape index (κ3) is 4.38. The van der Waals surface area contributed by atoms with E-state index < -0.39 is 0 Å². The highest BCUT2D eigenvalue weighted by atomic mass is 16.5. The first-order valence-electron chi connectivity index (χ1n) is 12.5. The Morgan fingerprint density at radius 1 is 1.03 bits per heavy atom. The van der Waals surface area contributed by atoms with Crippen LogP contribution in [0.25, 0.3) is 10.9 Å². The normalized spacial score (nSPS) is 16.9. The molecule has 2 heterocycles. The van der Waals surface area contributed by atoms with Crippen LogP contribution in [0.1, 0.15) is 67.8 Å². The zero-order chi connectivity index (χ0) is 22.9. The lowest BCUT2D eigenvalue weighted by Gasteiger charge is -2.34. The number of rotatable bonds is 7. The Kier molecular flexibility index (Phi) is 6.13. The molecule has 0 unspecified atom stereocenters. The summed E-state index contributed by atoms with van der Waals surface area (Å²) in [5.74, 6) is 4.26. The summed E-state index contributed by atoms with van der Waals surface area (Å²) < 4.78 is 5.64. The Morgan fingerprint density at radius 3 is 2.48 bits per heavy atom. The predicted molar refractivity (Wildman–Crippen MR) is 137 cm³/mol. The summed E-state index contributed by atoms with van der Waals surface area (Å²) in [7, 11) is 3.96. The zero-order valence-corrected chi connectivity index (χ0v) is 20.5. The predicted octanol–water partition coefficient (Wildman–Crippen LogP) is 6.05. The van der Waals surface area contributed by atoms with Crippen LogP contribution in [-0.2, 0) is 0 Å². The van der Waals surface area contributed by atoms with Gasteiger partial charge in [-0.1, -0.05) is 25.1 Å². The van der Waals surface area contributed by atoms with Gasteiger partial charge < -0.3 is 14.5 Å². The Hall–Kier alpha value is -2.82. The minimum Gasteiger partial charge on any atom is -0.496 e. The molecule has 5 nitrogen and oxygen atoms in total. The van der Waals surface area contributed by atoms with Crippen molar-refractivity contribution in [1.29, 1.82) is 0 Å². The van der Waals surface area contributed by atoms with Crippen LogP contribution in [0, 0.1) is 6.92 Å². The molecule has 5 heteroatoms. The number of anilines is 2. The van der Waals surface area contributed by atoms with E-state index in [0.717, 1.165) is 61.8 Å². The minimum atomic E-state index is 0.530. The summed E-state index contributed by atoms with van der Waals surface area (Å²) >= 11 is 0. The van der Waals surface area contributed by atoms with E-state index in [2.05, 4.69) is 67.1 Å². The van der Waals surface area contributed by atoms with Crippen LogP contribution in [-0.4, -0.2) is 43.8 Å². The van der Waals surface area contributed by atoms with Gasteiger partial charge in [0.25, 0.3) is 0 Å². The summed E-state index contributed by atoms with van der Waals surface area (Å²) in [6.45, 7) is 7.50. The highest BCUT2D eigenvalue weighted by molar-refractivity contribution is 5.93. The first kappa shape index (κ1) is 22.0. The SMILES string of the molecule is CCCN(C)c1cc2c(N3CCC(c4ccccc4OC)CC3)nc(C3CC3)nc2cc1C. The van der Waals surface area contributed by atoms with Gasteiger partial charge in [0, 0.05) is 43.7 Å². The lowest BCUT2D eigenvalue weighted by Crippen LogP contribution is -2.34. The molecule has 1 saturated heterocycles. The summed E-state index contributed by atoms with van der Waals surface area (Å²) in [4.78, 5) is 15.0. The monoisotopic (exact) mass is 444 g/mol. The van der Waals surface area contributed by atoms with Crippen molar-refractivity contribution in [3.63, 3.8) is 0 Å². The topological polar surface area (TPSA) is 41.5 Å². The number of hydrogen-bond acceptors (Lipinski definition) is 5. The van der Waals surface area contributed by atoms with Crippen molar-refractivity contribution >= 4 is 22.4 Å². The van der Waals surface area contributed by atoms with Crippen LogP contribution in [0.4, 0.5) is 11.5 Å². The number of aromatic nitrogens is 2. The standard InChI is InChI=1S/C28H36N4O/c1-5-14-31(3)25-18-23-24(17-19(25)2)29-27(21-10-11-21)30-28(23)32-15-12-20(13-16-32)22-8-6-7-9-26(22)33-4/h6-9,17-18,20-21H,5,10-16H2,1-4H3. The molecule has 174 valence electrons. The summed E-state index contributed by atoms with van der Waals surface area (Å²) in [5.41, 5.74) is 5.02. The smallest absolute Gasteiger partial charge is 0.140 e. The molecule has 0 radical (unpaired) electrons. The second kappa shape index (κ2) is 9.20. The molecule has 1 aliphatic carbocycles. The number of nitrogens with zero attached hydrogens (tertiary/aromatic N) is 4. The van der Waals surface area contributed by atoms with Crippen molar-refractivity contribution in [2.45, 2.75) is 57.8 Å². The lowest BCUT2D eigenvalue weighted by molar-refractivity contribution is 0.397. The highest BCUT2D eigenvalue weighted by Crippen LogP contribution is 2.42. The first-order chi connectivity index (χ1) is 16.1. The van der Waals surface area contributed by atoms with Gasteiger partial charge in [-0.25, -0.2) is 9.97 Å². The van der Waals surface area contributed by atoms with Crippen LogP contribution in [0.2, 0.25) is 0 Å². The van der Waals surface area contributed by atoms with Gasteiger partial charge in [-0.3, -0.25) is 0 Å². The number of ether oxygens (including phenoxy) is 1. The van der Waals surface area contributed by atoms with Crippen molar-refractivity contribution in [2.24, 2.45) is 0 Å². The highest BCUT2D eigenvalue weighted by Gasteiger charge is 2.30. The van der Waals surface area contributed by atoms with Gasteiger partial charge in [0.05, 0.1) is 12.6 Å². The molecule has 33 heavy (non-hydrogen) atoms. The van der Waals surface area contributed by atoms with E-state index in [0.29, 0.717) is 11.8 Å². The summed E-state index contributed by atoms with van der Waals surface area (Å²) in [6, 6.07) is 13.1. The van der Waals surface area contributed by atoms with E-state index in [4.69, 9.17) is 14.7 Å². The zero-order valence-electron chi connectivity index (χ0n) is 20.5. The molecule has 0 bridgehead atoms. The number of piperidine rings is 1. The number of hydrogen-bond donors (Lipinski definition) is 0. The number of methoxy groups -OCH3 is 1. The molecule has 2 aromatic carbocycles. The third-order valence-electron chi connectivity index (χ3n) is 7.30. The van der Waals surface area contributed by atoms with Gasteiger partial charge >= 0.3 is 0 Å². The maximum Gasteiger partial charge on any atom is 0.140 e. The molecule has 1 aliphatic heterocycles. The van der Waals surface area contributed by atoms with Crippen molar-refractivity contribution in [1.82, 2.24) is 9.97 Å². The quantitative estimate of drug-likeness (QED) is 0.443. The first-order valence-corrected chi connectivity index (χ1v) is 12.5. The average Bonchev–Trinajstić information content (AvgIpc) is 3.69. The summed E-state index contributed by atoms with van der Waals surface area (Å²) in [6.07, 6.45) is 5.79. The molecule has 3 aromatic rings. The fourth-order valence-corrected chi connectivity index (χ4v) is 5.31. The Balaban J connectivity index is 1.48. The molecular formula is C28H36N4O. The maximum atomic E-state index is 5.64. The third-order valence-corrected chi connectivity index (χ3v) is 7.30. The van der Waals surface area contributed by atoms with Crippen molar-refractivity contribution in [2.75, 3.05) is 43.6 Å². The molecule has 5 rings (SSSR count). The molecule has 0 atom stereocenters. The number of benzene rings is 2. The van der Waals surface area contributed by atoms with Crippen molar-refractivity contribution in [3.05, 3.63) is 53.3 Å². The van der Waals surface area contributed by atoms with Gasteiger partial charge in [-0.2, -0.15) is 0 Å². The number of para-hydroxylation sites is 1. The second-order valence-electron chi connectivity index (χ2n) is 9.76. The molecule has 0 spiro atoms. The van der Waals surface area contributed by atoms with Gasteiger partial charge in [0.15, 0.2) is 0 Å². The Labute approximate surface area is 197 Å². The van der Waals surface area contributed by atoms with E-state index in [1.807, 2.05) is 0 Å². The molecule has 0 N–H and O–H groups in total. The van der Waals surface area contributed by atoms with Crippen LogP contribution < -0.4 is 14.5 Å². The van der Waals surface area contributed by atoms with Crippen LogP contribution >= 0.6 is 0 Å². The molecule has 1 saturated carbocycles. The second-order valence-corrected chi connectivity index (χ2v) is 9.76. The van der Waals surface area contributed by atoms with Crippen LogP contribution in [0.15, 0.2) is 36.4 Å². The Bertz CT molecular complexity index is 1130. The largest absolute Gasteiger partial charge is 0.496 e. The van der Waals surface area contributed by atoms with Gasteiger partial charge in [0.2, 0.25) is 0 Å². The van der Waals surface area contributed by atoms with Gasteiger partial charge in [0.1, 0.15) is 17.4 Å². The minimum absolute atomic E-state index is 0.530. The number of aryl methyl sites for hydroxylation is 1. The van der Waals surface area contributed by atoms with Crippen LogP contribution in [0.3, 0.4) is 0 Å². The van der Waals surface area contributed by atoms with E-state index >= 15 is 0 Å². The number of fused-ring (bicyclic) bond motifs is 1. The van der Waals surface area contributed by atoms with E-state index in [-0.39, 0.29) is 0 Å². The average molecular weight is 445 g/mol. The molecule has 1 aromatic heterocycles. The van der Waals surface area contributed by atoms with E-state index in [1.165, 1.54) is 35.0 Å². The molecule has 2 aliphatic rings. The fourth-order valence-electron chi connectivity index (χ4n) is 5.31. The van der Waals surface area contributed by atoms with E-state index in [9.17, 15) is 0 Å². The van der Waals surface area contributed by atoms with Gasteiger partial charge in [-0.05, 0) is 74.3 Å². The lowest BCUT2D eigenvalue weighted by atomic mass is 9.88. The summed E-state index contributed by atoms with van der Waals surface area (Å²) in [5, 5.41) is 1.19. The Morgan fingerprint density at radius 2 is 1.79 bits per heavy atom. The molecule has 0 amide bonds. The van der Waals surface area contributed by atoms with Crippen molar-refractivity contribution < 1.29 is 4.74 Å². The van der Waals surface area contributed by atoms with Crippen molar-refractivity contribution in [3.8, 4) is 5.75 Å². The van der Waals surface area contributed by atoms with Crippen LogP contribution in [0.5, 0.6) is 5.75 Å². The molecular weight excluding hydrogens is 408 g/mol. The maximum absolute atomic E-state index is 5.64. The van der Waals surface area contributed by atoms with Gasteiger partial charge in [-0.15, -0.1) is 0 Å².